The Labute approximate surface area is 363 Å². The Kier molecular flexibility index (Phi) is 10.1. The summed E-state index contributed by atoms with van der Waals surface area (Å²) in [5.41, 5.74) is -0.145. The molecule has 2 bridgehead atoms. The van der Waals surface area contributed by atoms with E-state index < -0.39 is 40.8 Å². The number of morpholine rings is 1. The van der Waals surface area contributed by atoms with Gasteiger partial charge in [0.2, 0.25) is 5.91 Å². The number of aliphatic hydroxyl groups is 1. The van der Waals surface area contributed by atoms with Crippen molar-refractivity contribution in [2.75, 3.05) is 27.4 Å². The van der Waals surface area contributed by atoms with Gasteiger partial charge in [0.25, 0.3) is 5.56 Å². The number of aryl methyl sites for hydroxylation is 2. The Morgan fingerprint density at radius 1 is 0.778 bits per heavy atom. The maximum atomic E-state index is 14.6. The molecule has 2 saturated heterocycles. The summed E-state index contributed by atoms with van der Waals surface area (Å²) in [5, 5.41) is 19.6. The molecule has 3 heterocycles. The highest BCUT2D eigenvalue weighted by molar-refractivity contribution is 6.23. The maximum absolute atomic E-state index is 14.6. The molecule has 2 aliphatic rings. The van der Waals surface area contributed by atoms with E-state index in [1.807, 2.05) is 78.9 Å². The number of amides is 1. The fraction of sp³-hybridized carbons (Fsp3) is 0.250. The van der Waals surface area contributed by atoms with Crippen LogP contribution in [0.15, 0.2) is 149 Å². The number of hydrogen-bond donors (Lipinski definition) is 2. The number of methoxy groups -OCH3 is 2. The second kappa shape index (κ2) is 15.8. The van der Waals surface area contributed by atoms with Crippen molar-refractivity contribution in [1.29, 1.82) is 0 Å². The zero-order valence-corrected chi connectivity index (χ0v) is 35.2. The average Bonchev–Trinajstić information content (AvgIpc) is 3.76. The number of rotatable bonds is 13. The first-order valence-electron chi connectivity index (χ1n) is 21.3. The Balaban J connectivity index is 0.998. The van der Waals surface area contributed by atoms with E-state index >= 15 is 0 Å². The third-order valence-corrected chi connectivity index (χ3v) is 13.2. The molecule has 1 aromatic heterocycles. The van der Waals surface area contributed by atoms with Gasteiger partial charge in [0.1, 0.15) is 34.8 Å². The van der Waals surface area contributed by atoms with Gasteiger partial charge in [0, 0.05) is 18.2 Å². The molecule has 0 aliphatic carbocycles. The smallest absolute Gasteiger partial charge is 0.330 e. The number of nitrogens with zero attached hydrogens (tertiary/aromatic N) is 2. The van der Waals surface area contributed by atoms with Crippen molar-refractivity contribution in [1.82, 2.24) is 14.5 Å². The standard InChI is InChI=1S/C52H47N3O8/c1-32-29-54(50(59)53-48(32)58)49-46-47(57)51(63-49,30-55(46)43(56)14-8-9-33-15-16-36-18-17-34-10-7-11-35-19-28-42(33)45(36)44(34)35)31-62-52(37-12-5-4-6-13-37,38-20-24-40(60-2)25-21-38)39-22-26-41(61-3)27-23-39/h4-7,10-13,15-29,46-47,49,57H,8-9,14,30-31H2,1-3H3,(H,53,58,59)/t46-,47+,49+,51-/m0/s1. The van der Waals surface area contributed by atoms with E-state index in [1.54, 1.807) is 26.0 Å². The van der Waals surface area contributed by atoms with E-state index in [1.165, 1.54) is 43.1 Å². The van der Waals surface area contributed by atoms with E-state index in [4.69, 9.17) is 18.9 Å². The topological polar surface area (TPSA) is 132 Å². The van der Waals surface area contributed by atoms with Crippen LogP contribution in [-0.4, -0.2) is 70.6 Å². The molecule has 0 spiro atoms. The predicted octanol–water partition coefficient (Wildman–Crippen LogP) is 7.63. The van der Waals surface area contributed by atoms with Crippen LogP contribution in [0, 0.1) is 6.92 Å². The second-order valence-corrected chi connectivity index (χ2v) is 16.7. The van der Waals surface area contributed by atoms with E-state index in [0.29, 0.717) is 24.3 Å². The van der Waals surface area contributed by atoms with Crippen LogP contribution >= 0.6 is 0 Å². The van der Waals surface area contributed by atoms with Crippen molar-refractivity contribution >= 4 is 38.2 Å². The number of benzene rings is 7. The predicted molar refractivity (Wildman–Crippen MR) is 242 cm³/mol. The third-order valence-electron chi connectivity index (χ3n) is 13.2. The summed E-state index contributed by atoms with van der Waals surface area (Å²) in [6.45, 7) is 1.43. The summed E-state index contributed by atoms with van der Waals surface area (Å²) in [6.07, 6.45) is 0.462. The van der Waals surface area contributed by atoms with E-state index in [-0.39, 0.29) is 31.0 Å². The third kappa shape index (κ3) is 6.66. The Hall–Kier alpha value is -6.79. The Morgan fingerprint density at radius 3 is 2.03 bits per heavy atom. The normalized spacial score (nSPS) is 19.7. The van der Waals surface area contributed by atoms with Crippen LogP contribution in [0.4, 0.5) is 0 Å². The van der Waals surface area contributed by atoms with Gasteiger partial charge in [-0.3, -0.25) is 19.1 Å². The fourth-order valence-electron chi connectivity index (χ4n) is 10.0. The first-order valence-corrected chi connectivity index (χ1v) is 21.3. The molecule has 318 valence electrons. The summed E-state index contributed by atoms with van der Waals surface area (Å²) in [6, 6.07) is 43.4. The highest BCUT2D eigenvalue weighted by Crippen LogP contribution is 2.50. The molecule has 0 unspecified atom stereocenters. The summed E-state index contributed by atoms with van der Waals surface area (Å²) in [5.74, 6) is 1.15. The lowest BCUT2D eigenvalue weighted by Gasteiger charge is -2.41. The van der Waals surface area contributed by atoms with Crippen LogP contribution in [0.5, 0.6) is 11.5 Å². The highest BCUT2D eigenvalue weighted by Gasteiger charge is 2.66. The largest absolute Gasteiger partial charge is 0.497 e. The van der Waals surface area contributed by atoms with Crippen LogP contribution in [0.2, 0.25) is 0 Å². The molecule has 63 heavy (non-hydrogen) atoms. The molecule has 11 heteroatoms. The van der Waals surface area contributed by atoms with Gasteiger partial charge < -0.3 is 29.0 Å². The molecule has 10 rings (SSSR count). The lowest BCUT2D eigenvalue weighted by atomic mass is 9.79. The second-order valence-electron chi connectivity index (χ2n) is 16.7. The molecule has 2 fully saturated rings. The average molecular weight is 842 g/mol. The Bertz CT molecular complexity index is 3030. The van der Waals surface area contributed by atoms with Crippen molar-refractivity contribution < 1.29 is 28.8 Å². The number of aromatic nitrogens is 2. The minimum atomic E-state index is -1.47. The van der Waals surface area contributed by atoms with Crippen LogP contribution in [-0.2, 0) is 26.3 Å². The number of ether oxygens (including phenoxy) is 4. The maximum Gasteiger partial charge on any atom is 0.330 e. The number of carbonyl (C=O) groups is 1. The molecule has 7 aromatic carbocycles. The number of H-pyrrole nitrogens is 1. The van der Waals surface area contributed by atoms with Gasteiger partial charge in [-0.05, 0) is 98.6 Å². The van der Waals surface area contributed by atoms with Gasteiger partial charge in [0.05, 0.1) is 27.4 Å². The molecule has 2 N–H and O–H groups in total. The summed E-state index contributed by atoms with van der Waals surface area (Å²) >= 11 is 0. The van der Waals surface area contributed by atoms with Crippen molar-refractivity contribution in [2.45, 2.75) is 55.8 Å². The number of fused-ring (bicyclic) bond motifs is 2. The van der Waals surface area contributed by atoms with Crippen LogP contribution in [0.25, 0.3) is 32.3 Å². The van der Waals surface area contributed by atoms with Crippen LogP contribution < -0.4 is 20.7 Å². The number of hydrogen-bond acceptors (Lipinski definition) is 8. The molecule has 4 atom stereocenters. The lowest BCUT2D eigenvalue weighted by Crippen LogP contribution is -2.53. The van der Waals surface area contributed by atoms with Crippen molar-refractivity contribution in [3.8, 4) is 11.5 Å². The van der Waals surface area contributed by atoms with Gasteiger partial charge in [-0.25, -0.2) is 4.79 Å². The molecule has 8 aromatic rings. The zero-order valence-electron chi connectivity index (χ0n) is 35.2. The van der Waals surface area contributed by atoms with E-state index in [0.717, 1.165) is 22.3 Å². The SMILES string of the molecule is COc1ccc(C(OC[C@]23CN(C(=O)CCCc4ccc5ccc6cccc7ccc4c5c67)[C@H]([C@H](n4cc(C)c(=O)[nH]c4=O)O2)[C@H]3O)(c2ccccc2)c2ccc(OC)cc2)cc1. The van der Waals surface area contributed by atoms with Gasteiger partial charge >= 0.3 is 5.69 Å². The number of likely N-dealkylation sites (tertiary alicyclic amines) is 1. The van der Waals surface area contributed by atoms with Gasteiger partial charge in [0.15, 0.2) is 6.23 Å². The summed E-state index contributed by atoms with van der Waals surface area (Å²) in [4.78, 5) is 44.6. The first-order chi connectivity index (χ1) is 30.6. The van der Waals surface area contributed by atoms with Gasteiger partial charge in [-0.2, -0.15) is 0 Å². The monoisotopic (exact) mass is 841 g/mol. The summed E-state index contributed by atoms with van der Waals surface area (Å²) in [7, 11) is 3.22. The fourth-order valence-corrected chi connectivity index (χ4v) is 10.0. The molecular formula is C52H47N3O8. The van der Waals surface area contributed by atoms with E-state index in [2.05, 4.69) is 59.6 Å². The van der Waals surface area contributed by atoms with Crippen molar-refractivity contribution in [3.63, 3.8) is 0 Å². The number of carbonyl (C=O) groups excluding carboxylic acids is 1. The number of aliphatic hydroxyl groups excluding tert-OH is 1. The van der Waals surface area contributed by atoms with Gasteiger partial charge in [-0.15, -0.1) is 0 Å². The molecule has 11 nitrogen and oxygen atoms in total. The van der Waals surface area contributed by atoms with Crippen LogP contribution in [0.3, 0.4) is 0 Å². The highest BCUT2D eigenvalue weighted by atomic mass is 16.6. The number of nitrogens with one attached hydrogen (secondary N) is 1. The molecule has 0 radical (unpaired) electrons. The molecule has 2 aliphatic heterocycles. The van der Waals surface area contributed by atoms with Gasteiger partial charge in [-0.1, -0.05) is 109 Å². The van der Waals surface area contributed by atoms with Crippen molar-refractivity contribution in [3.05, 3.63) is 188 Å². The molecular weight excluding hydrogens is 795 g/mol. The zero-order chi connectivity index (χ0) is 43.5. The first kappa shape index (κ1) is 40.3. The van der Waals surface area contributed by atoms with Crippen molar-refractivity contribution in [2.24, 2.45) is 0 Å². The lowest BCUT2D eigenvalue weighted by molar-refractivity contribution is -0.183. The quantitative estimate of drug-likeness (QED) is 0.0896. The Morgan fingerprint density at radius 2 is 1.38 bits per heavy atom. The van der Waals surface area contributed by atoms with E-state index in [9.17, 15) is 19.5 Å². The van der Waals surface area contributed by atoms with Crippen LogP contribution in [0.1, 0.15) is 46.9 Å². The number of aromatic amines is 1. The minimum Gasteiger partial charge on any atom is -0.497 e. The minimum absolute atomic E-state index is 0.0140. The molecule has 1 amide bonds. The summed E-state index contributed by atoms with van der Waals surface area (Å²) < 4.78 is 26.4. The molecule has 0 saturated carbocycles.